The third-order valence-electron chi connectivity index (χ3n) is 4.52. The van der Waals surface area contributed by atoms with Crippen LogP contribution in [0, 0.1) is 5.92 Å². The fourth-order valence-electron chi connectivity index (χ4n) is 2.97. The summed E-state index contributed by atoms with van der Waals surface area (Å²) in [5.41, 5.74) is 4.99. The molecule has 0 bridgehead atoms. The lowest BCUT2D eigenvalue weighted by Gasteiger charge is -2.29. The van der Waals surface area contributed by atoms with Gasteiger partial charge < -0.3 is 5.11 Å². The van der Waals surface area contributed by atoms with Gasteiger partial charge in [0.25, 0.3) is 5.91 Å². The van der Waals surface area contributed by atoms with E-state index in [2.05, 4.69) is 16.0 Å². The van der Waals surface area contributed by atoms with Gasteiger partial charge in [0, 0.05) is 19.0 Å². The Labute approximate surface area is 162 Å². The molecule has 3 N–H and O–H groups in total. The van der Waals surface area contributed by atoms with E-state index in [-0.39, 0.29) is 24.5 Å². The summed E-state index contributed by atoms with van der Waals surface area (Å²) in [6.07, 6.45) is 3.16. The van der Waals surface area contributed by atoms with Crippen LogP contribution in [0.5, 0.6) is 5.75 Å². The van der Waals surface area contributed by atoms with Gasteiger partial charge >= 0.3 is 0 Å². The molecule has 11 heteroatoms. The third-order valence-corrected chi connectivity index (χ3v) is 5.83. The van der Waals surface area contributed by atoms with Crippen LogP contribution in [-0.2, 0) is 14.8 Å². The Morgan fingerprint density at radius 2 is 1.79 bits per heavy atom. The van der Waals surface area contributed by atoms with Crippen LogP contribution in [0.2, 0.25) is 0 Å². The molecule has 1 fully saturated rings. The Balaban J connectivity index is 1.56. The van der Waals surface area contributed by atoms with Crippen LogP contribution in [0.15, 0.2) is 36.5 Å². The molecule has 1 aliphatic heterocycles. The zero-order valence-corrected chi connectivity index (χ0v) is 16.0. The number of hydrogen-bond donors (Lipinski definition) is 3. The number of aromatic hydroxyl groups is 1. The van der Waals surface area contributed by atoms with Crippen LogP contribution in [0.3, 0.4) is 0 Å². The Hall–Kier alpha value is -2.92. The van der Waals surface area contributed by atoms with E-state index >= 15 is 0 Å². The summed E-state index contributed by atoms with van der Waals surface area (Å²) in [7, 11) is -3.27. The number of hydrogen-bond acceptors (Lipinski definition) is 6. The summed E-state index contributed by atoms with van der Waals surface area (Å²) in [5, 5.41) is 14.0. The number of hydrazine groups is 1. The van der Waals surface area contributed by atoms with Crippen molar-refractivity contribution in [1.29, 1.82) is 0 Å². The first-order valence-electron chi connectivity index (χ1n) is 8.65. The highest BCUT2D eigenvalue weighted by Gasteiger charge is 2.29. The van der Waals surface area contributed by atoms with Crippen molar-refractivity contribution in [2.75, 3.05) is 19.3 Å². The number of para-hydroxylation sites is 1. The number of benzene rings is 1. The number of nitrogens with zero attached hydrogens (tertiary/aromatic N) is 3. The summed E-state index contributed by atoms with van der Waals surface area (Å²) in [6, 6.07) is 8.94. The molecule has 0 radical (unpaired) electrons. The van der Waals surface area contributed by atoms with Crippen molar-refractivity contribution < 1.29 is 23.1 Å². The topological polar surface area (TPSA) is 134 Å². The molecule has 28 heavy (non-hydrogen) atoms. The highest BCUT2D eigenvalue weighted by atomic mass is 32.2. The molecule has 0 unspecified atom stereocenters. The second kappa shape index (κ2) is 7.98. The first-order chi connectivity index (χ1) is 13.3. The largest absolute Gasteiger partial charge is 0.504 e. The van der Waals surface area contributed by atoms with E-state index in [1.54, 1.807) is 24.3 Å². The SMILES string of the molecule is CS(=O)(=O)N1CCC(C(=O)NNC(=O)c2nn(-c3ccccc3)cc2O)CC1. The number of sulfonamides is 1. The van der Waals surface area contributed by atoms with E-state index in [0.717, 1.165) is 6.26 Å². The zero-order valence-electron chi connectivity index (χ0n) is 15.2. The highest BCUT2D eigenvalue weighted by molar-refractivity contribution is 7.88. The molecule has 0 aliphatic carbocycles. The maximum atomic E-state index is 12.2. The van der Waals surface area contributed by atoms with Gasteiger partial charge in [-0.2, -0.15) is 5.10 Å². The van der Waals surface area contributed by atoms with E-state index in [9.17, 15) is 23.1 Å². The standard InChI is InChI=1S/C17H21N5O5S/c1-28(26,27)21-9-7-12(8-10-21)16(24)18-19-17(25)15-14(23)11-22(20-15)13-5-3-2-4-6-13/h2-6,11-12,23H,7-10H2,1H3,(H,18,24)(H,19,25). The van der Waals surface area contributed by atoms with Crippen LogP contribution in [0.4, 0.5) is 0 Å². The molecule has 0 atom stereocenters. The normalized spacial score (nSPS) is 15.9. The van der Waals surface area contributed by atoms with Gasteiger partial charge in [-0.3, -0.25) is 20.4 Å². The van der Waals surface area contributed by atoms with Crippen molar-refractivity contribution in [3.05, 3.63) is 42.2 Å². The third kappa shape index (κ3) is 4.49. The number of carbonyl (C=O) groups is 2. The van der Waals surface area contributed by atoms with Gasteiger partial charge in [-0.1, -0.05) is 18.2 Å². The minimum atomic E-state index is -3.27. The molecule has 2 heterocycles. The van der Waals surface area contributed by atoms with Crippen LogP contribution < -0.4 is 10.9 Å². The maximum absolute atomic E-state index is 12.2. The summed E-state index contributed by atoms with van der Waals surface area (Å²) < 4.78 is 25.7. The smallest absolute Gasteiger partial charge is 0.294 e. The fraction of sp³-hybridized carbons (Fsp3) is 0.353. The van der Waals surface area contributed by atoms with Crippen LogP contribution in [0.1, 0.15) is 23.3 Å². The lowest BCUT2D eigenvalue weighted by molar-refractivity contribution is -0.126. The molecule has 0 spiro atoms. The summed E-state index contributed by atoms with van der Waals surface area (Å²) in [5.74, 6) is -1.90. The van der Waals surface area contributed by atoms with E-state index in [1.165, 1.54) is 15.2 Å². The molecule has 2 amide bonds. The van der Waals surface area contributed by atoms with Crippen LogP contribution >= 0.6 is 0 Å². The fourth-order valence-corrected chi connectivity index (χ4v) is 3.84. The minimum Gasteiger partial charge on any atom is -0.504 e. The zero-order chi connectivity index (χ0) is 20.3. The number of carbonyl (C=O) groups excluding carboxylic acids is 2. The molecule has 1 aliphatic rings. The molecule has 1 saturated heterocycles. The first kappa shape index (κ1) is 19.8. The van der Waals surface area contributed by atoms with Gasteiger partial charge in [-0.25, -0.2) is 17.4 Å². The van der Waals surface area contributed by atoms with Crippen molar-refractivity contribution in [1.82, 2.24) is 24.9 Å². The predicted molar refractivity (Wildman–Crippen MR) is 100.0 cm³/mol. The molecule has 10 nitrogen and oxygen atoms in total. The van der Waals surface area contributed by atoms with Crippen molar-refractivity contribution in [2.45, 2.75) is 12.8 Å². The van der Waals surface area contributed by atoms with Crippen molar-refractivity contribution >= 4 is 21.8 Å². The number of nitrogens with one attached hydrogen (secondary N) is 2. The minimum absolute atomic E-state index is 0.226. The molecule has 3 rings (SSSR count). The summed E-state index contributed by atoms with van der Waals surface area (Å²) in [4.78, 5) is 24.5. The van der Waals surface area contributed by atoms with Gasteiger partial charge in [-0.05, 0) is 25.0 Å². The van der Waals surface area contributed by atoms with Gasteiger partial charge in [0.15, 0.2) is 11.4 Å². The Morgan fingerprint density at radius 3 is 2.39 bits per heavy atom. The average Bonchev–Trinajstić information content (AvgIpc) is 3.08. The van der Waals surface area contributed by atoms with E-state index in [0.29, 0.717) is 18.5 Å². The lowest BCUT2D eigenvalue weighted by Crippen LogP contribution is -2.48. The predicted octanol–water partition coefficient (Wildman–Crippen LogP) is 0.0105. The first-order valence-corrected chi connectivity index (χ1v) is 10.5. The number of rotatable bonds is 4. The van der Waals surface area contributed by atoms with Crippen molar-refractivity contribution in [3.63, 3.8) is 0 Å². The number of piperidine rings is 1. The maximum Gasteiger partial charge on any atom is 0.294 e. The second-order valence-corrected chi connectivity index (χ2v) is 8.51. The Kier molecular flexibility index (Phi) is 5.66. The van der Waals surface area contributed by atoms with Gasteiger partial charge in [0.1, 0.15) is 0 Å². The van der Waals surface area contributed by atoms with Gasteiger partial charge in [-0.15, -0.1) is 0 Å². The van der Waals surface area contributed by atoms with Crippen molar-refractivity contribution in [2.24, 2.45) is 5.92 Å². The van der Waals surface area contributed by atoms with E-state index < -0.39 is 27.8 Å². The molecule has 1 aromatic carbocycles. The van der Waals surface area contributed by atoms with Crippen molar-refractivity contribution in [3.8, 4) is 11.4 Å². The lowest BCUT2D eigenvalue weighted by atomic mass is 9.98. The monoisotopic (exact) mass is 407 g/mol. The Morgan fingerprint density at radius 1 is 1.14 bits per heavy atom. The van der Waals surface area contributed by atoms with Gasteiger partial charge in [0.05, 0.1) is 18.1 Å². The molecule has 150 valence electrons. The molecule has 1 aromatic heterocycles. The van der Waals surface area contributed by atoms with Gasteiger partial charge in [0.2, 0.25) is 15.9 Å². The highest BCUT2D eigenvalue weighted by Crippen LogP contribution is 2.20. The summed E-state index contributed by atoms with van der Waals surface area (Å²) in [6.45, 7) is 0.514. The van der Waals surface area contributed by atoms with E-state index in [1.807, 2.05) is 6.07 Å². The van der Waals surface area contributed by atoms with E-state index in [4.69, 9.17) is 0 Å². The average molecular weight is 407 g/mol. The molecular weight excluding hydrogens is 386 g/mol. The summed E-state index contributed by atoms with van der Waals surface area (Å²) >= 11 is 0. The molecule has 0 saturated carbocycles. The number of aromatic nitrogens is 2. The molecule has 2 aromatic rings. The molecular formula is C17H21N5O5S. The van der Waals surface area contributed by atoms with Crippen LogP contribution in [0.25, 0.3) is 5.69 Å². The quantitative estimate of drug-likeness (QED) is 0.612. The second-order valence-electron chi connectivity index (χ2n) is 6.52. The Bertz CT molecular complexity index is 965. The number of amides is 2. The van der Waals surface area contributed by atoms with Crippen LogP contribution in [-0.4, -0.2) is 58.8 Å².